The van der Waals surface area contributed by atoms with E-state index < -0.39 is 5.97 Å². The number of pyridine rings is 1. The minimum atomic E-state index is -0.450. The Kier molecular flexibility index (Phi) is 3.77. The molecule has 0 aliphatic carbocycles. The van der Waals surface area contributed by atoms with Crippen molar-refractivity contribution >= 4 is 43.7 Å². The number of benzene rings is 2. The van der Waals surface area contributed by atoms with Crippen molar-refractivity contribution in [3.8, 4) is 5.75 Å². The van der Waals surface area contributed by atoms with E-state index >= 15 is 0 Å². The summed E-state index contributed by atoms with van der Waals surface area (Å²) in [5, 5.41) is 7.22. The molecule has 0 aliphatic heterocycles. The first-order valence-electron chi connectivity index (χ1n) is 7.73. The summed E-state index contributed by atoms with van der Waals surface area (Å²) in [6.07, 6.45) is 1.51. The first-order chi connectivity index (χ1) is 12.0. The number of fused-ring (bicyclic) bond motifs is 2. The van der Waals surface area contributed by atoms with Crippen LogP contribution in [0.4, 0.5) is 0 Å². The average Bonchev–Trinajstić information content (AvgIpc) is 2.91. The first-order valence-corrected chi connectivity index (χ1v) is 8.52. The van der Waals surface area contributed by atoms with E-state index in [1.807, 2.05) is 44.3 Å². The third-order valence-electron chi connectivity index (χ3n) is 4.13. The van der Waals surface area contributed by atoms with Crippen molar-refractivity contribution in [1.29, 1.82) is 0 Å². The van der Waals surface area contributed by atoms with E-state index in [2.05, 4.69) is 26.0 Å². The molecule has 25 heavy (non-hydrogen) atoms. The van der Waals surface area contributed by atoms with Gasteiger partial charge in [-0.05, 0) is 45.8 Å². The van der Waals surface area contributed by atoms with Crippen LogP contribution < -0.4 is 4.74 Å². The number of carbonyl (C=O) groups is 1. The van der Waals surface area contributed by atoms with Crippen molar-refractivity contribution in [2.45, 2.75) is 6.92 Å². The van der Waals surface area contributed by atoms with Gasteiger partial charge < -0.3 is 4.74 Å². The predicted molar refractivity (Wildman–Crippen MR) is 99.9 cm³/mol. The highest BCUT2D eigenvalue weighted by atomic mass is 79.9. The smallest absolute Gasteiger partial charge is 0.345 e. The third-order valence-corrected chi connectivity index (χ3v) is 4.95. The summed E-state index contributed by atoms with van der Waals surface area (Å²) in [7, 11) is 1.83. The Morgan fingerprint density at radius 2 is 1.96 bits per heavy atom. The number of halogens is 1. The molecule has 0 aliphatic rings. The number of rotatable bonds is 2. The number of aryl methyl sites for hydroxylation is 2. The van der Waals surface area contributed by atoms with Gasteiger partial charge in [0.25, 0.3) is 0 Å². The lowest BCUT2D eigenvalue weighted by Crippen LogP contribution is -2.09. The van der Waals surface area contributed by atoms with Gasteiger partial charge in [0.15, 0.2) is 5.65 Å². The normalized spacial score (nSPS) is 11.2. The van der Waals surface area contributed by atoms with Gasteiger partial charge >= 0.3 is 5.97 Å². The summed E-state index contributed by atoms with van der Waals surface area (Å²) in [6.45, 7) is 1.89. The van der Waals surface area contributed by atoms with Gasteiger partial charge in [-0.1, -0.05) is 30.3 Å². The lowest BCUT2D eigenvalue weighted by atomic mass is 10.1. The van der Waals surface area contributed by atoms with Crippen LogP contribution in [0.25, 0.3) is 21.8 Å². The minimum absolute atomic E-state index is 0.392. The van der Waals surface area contributed by atoms with E-state index in [0.29, 0.717) is 11.3 Å². The molecule has 0 saturated carbocycles. The van der Waals surface area contributed by atoms with Crippen molar-refractivity contribution in [2.24, 2.45) is 7.05 Å². The number of aromatic nitrogens is 3. The summed E-state index contributed by atoms with van der Waals surface area (Å²) in [5.74, 6) is 0.0281. The maximum absolute atomic E-state index is 12.6. The van der Waals surface area contributed by atoms with Crippen LogP contribution >= 0.6 is 15.9 Å². The van der Waals surface area contributed by atoms with Gasteiger partial charge in [-0.3, -0.25) is 4.68 Å². The number of hydrogen-bond donors (Lipinski definition) is 0. The molecule has 0 amide bonds. The third kappa shape index (κ3) is 2.68. The predicted octanol–water partition coefficient (Wildman–Crippen LogP) is 4.41. The van der Waals surface area contributed by atoms with E-state index in [1.54, 1.807) is 16.8 Å². The molecule has 2 heterocycles. The van der Waals surface area contributed by atoms with Gasteiger partial charge in [0.2, 0.25) is 0 Å². The van der Waals surface area contributed by atoms with E-state index in [4.69, 9.17) is 4.74 Å². The van der Waals surface area contributed by atoms with Gasteiger partial charge in [-0.2, -0.15) is 5.10 Å². The fourth-order valence-electron chi connectivity index (χ4n) is 2.87. The molecule has 124 valence electrons. The van der Waals surface area contributed by atoms with Crippen LogP contribution in [-0.4, -0.2) is 20.7 Å². The van der Waals surface area contributed by atoms with Crippen molar-refractivity contribution in [2.75, 3.05) is 0 Å². The molecule has 5 nitrogen and oxygen atoms in total. The number of ether oxygens (including phenoxy) is 1. The molecule has 0 bridgehead atoms. The van der Waals surface area contributed by atoms with Crippen molar-refractivity contribution in [3.63, 3.8) is 0 Å². The molecule has 0 N–H and O–H groups in total. The second-order valence-electron chi connectivity index (χ2n) is 5.79. The number of carbonyl (C=O) groups excluding carboxylic acids is 1. The largest absolute Gasteiger partial charge is 0.422 e. The monoisotopic (exact) mass is 395 g/mol. The molecule has 0 fully saturated rings. The Bertz CT molecular complexity index is 1130. The van der Waals surface area contributed by atoms with Crippen molar-refractivity contribution in [3.05, 3.63) is 64.4 Å². The van der Waals surface area contributed by atoms with Crippen molar-refractivity contribution < 1.29 is 9.53 Å². The molecule has 2 aromatic carbocycles. The minimum Gasteiger partial charge on any atom is -0.422 e. The summed E-state index contributed by atoms with van der Waals surface area (Å²) >= 11 is 3.53. The van der Waals surface area contributed by atoms with Gasteiger partial charge in [0.1, 0.15) is 5.75 Å². The zero-order chi connectivity index (χ0) is 17.6. The van der Waals surface area contributed by atoms with Crippen LogP contribution in [0.2, 0.25) is 0 Å². The Hall–Kier alpha value is -2.73. The topological polar surface area (TPSA) is 57.0 Å². The Morgan fingerprint density at radius 1 is 1.16 bits per heavy atom. The average molecular weight is 396 g/mol. The Balaban J connectivity index is 1.70. The highest BCUT2D eigenvalue weighted by Gasteiger charge is 2.15. The highest BCUT2D eigenvalue weighted by Crippen LogP contribution is 2.33. The first kappa shape index (κ1) is 15.8. The molecule has 0 unspecified atom stereocenters. The lowest BCUT2D eigenvalue weighted by Gasteiger charge is -2.09. The van der Waals surface area contributed by atoms with Gasteiger partial charge in [0.05, 0.1) is 15.7 Å². The zero-order valence-electron chi connectivity index (χ0n) is 13.7. The van der Waals surface area contributed by atoms with Crippen LogP contribution in [0.1, 0.15) is 16.1 Å². The van der Waals surface area contributed by atoms with Gasteiger partial charge in [-0.25, -0.2) is 9.78 Å². The molecule has 4 aromatic rings. The van der Waals surface area contributed by atoms with Crippen LogP contribution in [0, 0.1) is 6.92 Å². The maximum atomic E-state index is 12.6. The quantitative estimate of drug-likeness (QED) is 0.372. The number of nitrogens with zero attached hydrogens (tertiary/aromatic N) is 3. The SMILES string of the molecule is Cc1nn(C)c2ncc(C(=O)Oc3ccc4ccccc4c3Br)cc12. The fraction of sp³-hybridized carbons (Fsp3) is 0.105. The van der Waals surface area contributed by atoms with E-state index in [0.717, 1.165) is 32.0 Å². The summed E-state index contributed by atoms with van der Waals surface area (Å²) < 4.78 is 8.03. The Labute approximate surface area is 152 Å². The van der Waals surface area contributed by atoms with E-state index in [-0.39, 0.29) is 0 Å². The molecule has 2 aromatic heterocycles. The Morgan fingerprint density at radius 3 is 2.80 bits per heavy atom. The number of esters is 1. The van der Waals surface area contributed by atoms with E-state index in [9.17, 15) is 4.79 Å². The lowest BCUT2D eigenvalue weighted by molar-refractivity contribution is 0.0733. The molecule has 4 rings (SSSR count). The van der Waals surface area contributed by atoms with E-state index in [1.165, 1.54) is 6.20 Å². The molecule has 0 radical (unpaired) electrons. The van der Waals surface area contributed by atoms with Gasteiger partial charge in [0, 0.05) is 18.6 Å². The molecule has 0 saturated heterocycles. The molecule has 6 heteroatoms. The summed E-state index contributed by atoms with van der Waals surface area (Å²) in [4.78, 5) is 16.9. The van der Waals surface area contributed by atoms with Gasteiger partial charge in [-0.15, -0.1) is 0 Å². The molecular formula is C19H14BrN3O2. The van der Waals surface area contributed by atoms with Crippen LogP contribution in [0.5, 0.6) is 5.75 Å². The fourth-order valence-corrected chi connectivity index (χ4v) is 3.44. The number of hydrogen-bond acceptors (Lipinski definition) is 4. The molecular weight excluding hydrogens is 382 g/mol. The summed E-state index contributed by atoms with van der Waals surface area (Å²) in [6, 6.07) is 13.4. The molecule has 0 spiro atoms. The zero-order valence-corrected chi connectivity index (χ0v) is 15.2. The van der Waals surface area contributed by atoms with Crippen LogP contribution in [0.3, 0.4) is 0 Å². The standard InChI is InChI=1S/C19H14BrN3O2/c1-11-15-9-13(10-21-18(15)23(2)22-11)19(24)25-16-8-7-12-5-3-4-6-14(12)17(16)20/h3-10H,1-2H3. The van der Waals surface area contributed by atoms with Crippen molar-refractivity contribution in [1.82, 2.24) is 14.8 Å². The second kappa shape index (κ2) is 5.97. The van der Waals surface area contributed by atoms with Crippen LogP contribution in [-0.2, 0) is 7.05 Å². The summed E-state index contributed by atoms with van der Waals surface area (Å²) in [5.41, 5.74) is 1.95. The maximum Gasteiger partial charge on any atom is 0.345 e. The van der Waals surface area contributed by atoms with Crippen LogP contribution in [0.15, 0.2) is 53.1 Å². The second-order valence-corrected chi connectivity index (χ2v) is 6.59. The highest BCUT2D eigenvalue weighted by molar-refractivity contribution is 9.10. The molecule has 0 atom stereocenters.